The van der Waals surface area contributed by atoms with Gasteiger partial charge in [0.25, 0.3) is 0 Å². The fourth-order valence-corrected chi connectivity index (χ4v) is 1.27. The minimum Gasteiger partial charge on any atom is -0.383 e. The van der Waals surface area contributed by atoms with E-state index in [0.29, 0.717) is 25.6 Å². The SMILES string of the molecule is COCCOCCc1cc(C)cnc1N. The molecule has 0 aliphatic carbocycles. The van der Waals surface area contributed by atoms with E-state index in [-0.39, 0.29) is 0 Å². The maximum Gasteiger partial charge on any atom is 0.126 e. The first-order chi connectivity index (χ1) is 7.24. The van der Waals surface area contributed by atoms with Crippen molar-refractivity contribution >= 4 is 5.82 Å². The van der Waals surface area contributed by atoms with Crippen molar-refractivity contribution in [2.75, 3.05) is 32.7 Å². The molecule has 4 heteroatoms. The Balaban J connectivity index is 2.33. The van der Waals surface area contributed by atoms with Gasteiger partial charge in [0, 0.05) is 13.3 Å². The van der Waals surface area contributed by atoms with Crippen molar-refractivity contribution < 1.29 is 9.47 Å². The van der Waals surface area contributed by atoms with Gasteiger partial charge in [-0.3, -0.25) is 0 Å². The van der Waals surface area contributed by atoms with Crippen LogP contribution in [0.2, 0.25) is 0 Å². The van der Waals surface area contributed by atoms with Crippen molar-refractivity contribution in [1.29, 1.82) is 0 Å². The number of nitrogen functional groups attached to an aromatic ring is 1. The highest BCUT2D eigenvalue weighted by molar-refractivity contribution is 5.40. The molecule has 1 heterocycles. The number of nitrogens with two attached hydrogens (primary N) is 1. The molecule has 0 fully saturated rings. The molecule has 0 radical (unpaired) electrons. The van der Waals surface area contributed by atoms with Crippen molar-refractivity contribution in [3.63, 3.8) is 0 Å². The average Bonchev–Trinajstić information content (AvgIpc) is 2.23. The number of hydrogen-bond acceptors (Lipinski definition) is 4. The summed E-state index contributed by atoms with van der Waals surface area (Å²) in [6, 6.07) is 2.04. The molecule has 0 atom stereocenters. The van der Waals surface area contributed by atoms with Gasteiger partial charge in [0.1, 0.15) is 5.82 Å². The lowest BCUT2D eigenvalue weighted by Gasteiger charge is -2.06. The Labute approximate surface area is 90.4 Å². The molecule has 0 aliphatic rings. The van der Waals surface area contributed by atoms with Gasteiger partial charge in [0.2, 0.25) is 0 Å². The Morgan fingerprint density at radius 3 is 2.87 bits per heavy atom. The summed E-state index contributed by atoms with van der Waals surface area (Å²) in [5, 5.41) is 0. The standard InChI is InChI=1S/C11H18N2O2/c1-9-7-10(11(12)13-8-9)3-4-15-6-5-14-2/h7-8H,3-6H2,1-2H3,(H2,12,13). The number of ether oxygens (including phenoxy) is 2. The third-order valence-electron chi connectivity index (χ3n) is 2.09. The largest absolute Gasteiger partial charge is 0.383 e. The van der Waals surface area contributed by atoms with Gasteiger partial charge in [-0.05, 0) is 24.5 Å². The molecule has 0 spiro atoms. The van der Waals surface area contributed by atoms with Gasteiger partial charge >= 0.3 is 0 Å². The molecular formula is C11H18N2O2. The summed E-state index contributed by atoms with van der Waals surface area (Å²) in [4.78, 5) is 4.09. The molecule has 1 aromatic heterocycles. The Hall–Kier alpha value is -1.13. The molecule has 0 bridgehead atoms. The molecule has 1 aromatic rings. The second-order valence-electron chi connectivity index (χ2n) is 3.41. The highest BCUT2D eigenvalue weighted by Gasteiger charge is 2.00. The number of pyridine rings is 1. The third-order valence-corrected chi connectivity index (χ3v) is 2.09. The van der Waals surface area contributed by atoms with Crippen LogP contribution in [0.1, 0.15) is 11.1 Å². The lowest BCUT2D eigenvalue weighted by molar-refractivity contribution is 0.0723. The Bertz CT molecular complexity index is 303. The first-order valence-corrected chi connectivity index (χ1v) is 5.01. The topological polar surface area (TPSA) is 57.4 Å². The van der Waals surface area contributed by atoms with Crippen LogP contribution in [0.15, 0.2) is 12.3 Å². The van der Waals surface area contributed by atoms with Gasteiger partial charge in [-0.2, -0.15) is 0 Å². The van der Waals surface area contributed by atoms with Crippen LogP contribution in [0.4, 0.5) is 5.82 Å². The number of nitrogens with zero attached hydrogens (tertiary/aromatic N) is 1. The Morgan fingerprint density at radius 2 is 2.13 bits per heavy atom. The summed E-state index contributed by atoms with van der Waals surface area (Å²) in [5.41, 5.74) is 7.91. The van der Waals surface area contributed by atoms with E-state index in [2.05, 4.69) is 4.98 Å². The van der Waals surface area contributed by atoms with Crippen LogP contribution in [-0.4, -0.2) is 31.9 Å². The van der Waals surface area contributed by atoms with E-state index in [4.69, 9.17) is 15.2 Å². The van der Waals surface area contributed by atoms with Crippen molar-refractivity contribution in [1.82, 2.24) is 4.98 Å². The summed E-state index contributed by atoms with van der Waals surface area (Å²) in [6.07, 6.45) is 2.56. The van der Waals surface area contributed by atoms with Crippen molar-refractivity contribution in [3.8, 4) is 0 Å². The molecule has 0 saturated carbocycles. The maximum atomic E-state index is 5.74. The van der Waals surface area contributed by atoms with Crippen LogP contribution in [-0.2, 0) is 15.9 Å². The van der Waals surface area contributed by atoms with Crippen molar-refractivity contribution in [2.45, 2.75) is 13.3 Å². The van der Waals surface area contributed by atoms with Crippen molar-refractivity contribution in [2.24, 2.45) is 0 Å². The first kappa shape index (κ1) is 11.9. The predicted octanol–water partition coefficient (Wildman–Crippen LogP) is 1.18. The van der Waals surface area contributed by atoms with Crippen LogP contribution in [0, 0.1) is 6.92 Å². The Kier molecular flexibility index (Phi) is 5.07. The van der Waals surface area contributed by atoms with Gasteiger partial charge in [-0.25, -0.2) is 4.98 Å². The van der Waals surface area contributed by atoms with Crippen molar-refractivity contribution in [3.05, 3.63) is 23.4 Å². The number of rotatable bonds is 6. The van der Waals surface area contributed by atoms with E-state index in [0.717, 1.165) is 17.5 Å². The molecule has 84 valence electrons. The molecule has 0 aromatic carbocycles. The van der Waals surface area contributed by atoms with E-state index >= 15 is 0 Å². The lowest BCUT2D eigenvalue weighted by atomic mass is 10.1. The second-order valence-corrected chi connectivity index (χ2v) is 3.41. The first-order valence-electron chi connectivity index (χ1n) is 5.01. The molecule has 15 heavy (non-hydrogen) atoms. The van der Waals surface area contributed by atoms with E-state index in [1.807, 2.05) is 13.0 Å². The summed E-state index contributed by atoms with van der Waals surface area (Å²) in [5.74, 6) is 0.593. The highest BCUT2D eigenvalue weighted by atomic mass is 16.5. The average molecular weight is 210 g/mol. The van der Waals surface area contributed by atoms with E-state index in [1.54, 1.807) is 13.3 Å². The zero-order chi connectivity index (χ0) is 11.1. The molecule has 1 rings (SSSR count). The Morgan fingerprint density at radius 1 is 1.33 bits per heavy atom. The molecule has 2 N–H and O–H groups in total. The number of hydrogen-bond donors (Lipinski definition) is 1. The smallest absolute Gasteiger partial charge is 0.126 e. The molecular weight excluding hydrogens is 192 g/mol. The summed E-state index contributed by atoms with van der Waals surface area (Å²) < 4.78 is 10.2. The molecule has 0 saturated heterocycles. The number of methoxy groups -OCH3 is 1. The predicted molar refractivity (Wildman–Crippen MR) is 59.8 cm³/mol. The highest BCUT2D eigenvalue weighted by Crippen LogP contribution is 2.10. The molecule has 4 nitrogen and oxygen atoms in total. The maximum absolute atomic E-state index is 5.74. The van der Waals surface area contributed by atoms with E-state index in [1.165, 1.54) is 0 Å². The fourth-order valence-electron chi connectivity index (χ4n) is 1.27. The van der Waals surface area contributed by atoms with E-state index < -0.39 is 0 Å². The number of aryl methyl sites for hydroxylation is 1. The zero-order valence-electron chi connectivity index (χ0n) is 9.32. The zero-order valence-corrected chi connectivity index (χ0v) is 9.32. The van der Waals surface area contributed by atoms with Gasteiger partial charge in [0.05, 0.1) is 19.8 Å². The van der Waals surface area contributed by atoms with Crippen LogP contribution in [0.5, 0.6) is 0 Å². The molecule has 0 aliphatic heterocycles. The van der Waals surface area contributed by atoms with Crippen LogP contribution in [0.25, 0.3) is 0 Å². The van der Waals surface area contributed by atoms with Gasteiger partial charge in [-0.1, -0.05) is 6.07 Å². The van der Waals surface area contributed by atoms with E-state index in [9.17, 15) is 0 Å². The summed E-state index contributed by atoms with van der Waals surface area (Å²) in [7, 11) is 1.66. The summed E-state index contributed by atoms with van der Waals surface area (Å²) >= 11 is 0. The minimum absolute atomic E-state index is 0.593. The fraction of sp³-hybridized carbons (Fsp3) is 0.545. The quantitative estimate of drug-likeness (QED) is 0.716. The number of anilines is 1. The second kappa shape index (κ2) is 6.37. The third kappa shape index (κ3) is 4.27. The lowest BCUT2D eigenvalue weighted by Crippen LogP contribution is -2.07. The minimum atomic E-state index is 0.593. The number of aromatic nitrogens is 1. The normalized spacial score (nSPS) is 10.5. The molecule has 0 amide bonds. The van der Waals surface area contributed by atoms with Crippen LogP contribution in [0.3, 0.4) is 0 Å². The van der Waals surface area contributed by atoms with Crippen LogP contribution < -0.4 is 5.73 Å². The molecule has 0 unspecified atom stereocenters. The monoisotopic (exact) mass is 210 g/mol. The van der Waals surface area contributed by atoms with Gasteiger partial charge in [-0.15, -0.1) is 0 Å². The van der Waals surface area contributed by atoms with Crippen LogP contribution >= 0.6 is 0 Å². The summed E-state index contributed by atoms with van der Waals surface area (Å²) in [6.45, 7) is 3.90. The van der Waals surface area contributed by atoms with Gasteiger partial charge in [0.15, 0.2) is 0 Å². The van der Waals surface area contributed by atoms with Gasteiger partial charge < -0.3 is 15.2 Å².